The maximum absolute atomic E-state index is 6.16. The lowest BCUT2D eigenvalue weighted by molar-refractivity contribution is 1.14. The molecule has 1 heterocycles. The minimum atomic E-state index is 0.403. The van der Waals surface area contributed by atoms with Crippen molar-refractivity contribution in [3.8, 4) is 0 Å². The van der Waals surface area contributed by atoms with E-state index >= 15 is 0 Å². The maximum atomic E-state index is 6.16. The predicted molar refractivity (Wildman–Crippen MR) is 90.3 cm³/mol. The predicted octanol–water partition coefficient (Wildman–Crippen LogP) is 5.46. The lowest BCUT2D eigenvalue weighted by atomic mass is 10.0. The highest BCUT2D eigenvalue weighted by atomic mass is 35.5. The minimum Gasteiger partial charge on any atom is -0.378 e. The van der Waals surface area contributed by atoms with Crippen molar-refractivity contribution in [2.45, 2.75) is 13.5 Å². The van der Waals surface area contributed by atoms with Gasteiger partial charge in [0.1, 0.15) is 5.15 Å². The van der Waals surface area contributed by atoms with Crippen LogP contribution in [-0.2, 0) is 6.54 Å². The average molecular weight is 317 g/mol. The first-order valence-electron chi connectivity index (χ1n) is 6.68. The number of benzene rings is 2. The van der Waals surface area contributed by atoms with Gasteiger partial charge in [-0.2, -0.15) is 0 Å². The molecule has 4 heteroatoms. The normalized spacial score (nSPS) is 10.8. The second-order valence-electron chi connectivity index (χ2n) is 4.92. The summed E-state index contributed by atoms with van der Waals surface area (Å²) in [6, 6.07) is 16.4. The second kappa shape index (κ2) is 5.92. The summed E-state index contributed by atoms with van der Waals surface area (Å²) < 4.78 is 0. The van der Waals surface area contributed by atoms with Gasteiger partial charge in [0.15, 0.2) is 5.15 Å². The van der Waals surface area contributed by atoms with Gasteiger partial charge in [0, 0.05) is 6.54 Å². The topological polar surface area (TPSA) is 24.9 Å². The molecule has 1 aromatic heterocycles. The zero-order valence-electron chi connectivity index (χ0n) is 11.5. The van der Waals surface area contributed by atoms with Crippen LogP contribution < -0.4 is 5.32 Å². The second-order valence-corrected chi connectivity index (χ2v) is 5.66. The standard InChI is InChI=1S/C17H14Cl2N2/c1-11-9-15(18)21-17(19)16(11)20-10-13-7-4-6-12-5-2-3-8-14(12)13/h2-9,20H,10H2,1H3. The molecular formula is C17H14Cl2N2. The quantitative estimate of drug-likeness (QED) is 0.649. The largest absolute Gasteiger partial charge is 0.378 e. The van der Waals surface area contributed by atoms with Crippen LogP contribution in [-0.4, -0.2) is 4.98 Å². The molecule has 2 aromatic carbocycles. The summed E-state index contributed by atoms with van der Waals surface area (Å²) in [6.07, 6.45) is 0. The Balaban J connectivity index is 1.91. The van der Waals surface area contributed by atoms with Crippen molar-refractivity contribution in [2.75, 3.05) is 5.32 Å². The van der Waals surface area contributed by atoms with Gasteiger partial charge in [-0.1, -0.05) is 65.7 Å². The van der Waals surface area contributed by atoms with E-state index in [0.717, 1.165) is 11.3 Å². The van der Waals surface area contributed by atoms with Crippen molar-refractivity contribution in [1.29, 1.82) is 0 Å². The van der Waals surface area contributed by atoms with Gasteiger partial charge in [-0.25, -0.2) is 4.98 Å². The van der Waals surface area contributed by atoms with E-state index in [4.69, 9.17) is 23.2 Å². The third-order valence-corrected chi connectivity index (χ3v) is 3.94. The maximum Gasteiger partial charge on any atom is 0.154 e. The molecule has 0 amide bonds. The van der Waals surface area contributed by atoms with Gasteiger partial charge >= 0.3 is 0 Å². The van der Waals surface area contributed by atoms with Crippen molar-refractivity contribution >= 4 is 39.7 Å². The fourth-order valence-corrected chi connectivity index (χ4v) is 3.04. The third kappa shape index (κ3) is 2.97. The Morgan fingerprint density at radius 2 is 1.81 bits per heavy atom. The highest BCUT2D eigenvalue weighted by Crippen LogP contribution is 2.27. The molecule has 1 N–H and O–H groups in total. The van der Waals surface area contributed by atoms with E-state index in [-0.39, 0.29) is 0 Å². The van der Waals surface area contributed by atoms with Gasteiger partial charge in [-0.05, 0) is 34.9 Å². The molecule has 0 unspecified atom stereocenters. The Kier molecular flexibility index (Phi) is 4.00. The number of aryl methyl sites for hydroxylation is 1. The molecule has 0 fully saturated rings. The van der Waals surface area contributed by atoms with E-state index in [0.29, 0.717) is 16.9 Å². The summed E-state index contributed by atoms with van der Waals surface area (Å²) >= 11 is 12.1. The van der Waals surface area contributed by atoms with Gasteiger partial charge in [0.05, 0.1) is 5.69 Å². The van der Waals surface area contributed by atoms with Gasteiger partial charge < -0.3 is 5.32 Å². The van der Waals surface area contributed by atoms with Gasteiger partial charge in [0.25, 0.3) is 0 Å². The first-order chi connectivity index (χ1) is 10.1. The first kappa shape index (κ1) is 14.2. The van der Waals surface area contributed by atoms with E-state index in [1.165, 1.54) is 16.3 Å². The van der Waals surface area contributed by atoms with Gasteiger partial charge in [-0.15, -0.1) is 0 Å². The zero-order chi connectivity index (χ0) is 14.8. The summed E-state index contributed by atoms with van der Waals surface area (Å²) in [5.74, 6) is 0. The number of nitrogens with zero attached hydrogens (tertiary/aromatic N) is 1. The van der Waals surface area contributed by atoms with Crippen molar-refractivity contribution in [3.63, 3.8) is 0 Å². The molecule has 0 radical (unpaired) electrons. The lowest BCUT2D eigenvalue weighted by Crippen LogP contribution is -2.03. The summed E-state index contributed by atoms with van der Waals surface area (Å²) in [7, 11) is 0. The summed E-state index contributed by atoms with van der Waals surface area (Å²) in [5, 5.41) is 6.65. The monoisotopic (exact) mass is 316 g/mol. The van der Waals surface area contributed by atoms with Gasteiger partial charge in [-0.3, -0.25) is 0 Å². The molecule has 0 aliphatic carbocycles. The molecule has 0 aliphatic heterocycles. The SMILES string of the molecule is Cc1cc(Cl)nc(Cl)c1NCc1cccc2ccccc12. The number of halogens is 2. The Hall–Kier alpha value is -1.77. The summed E-state index contributed by atoms with van der Waals surface area (Å²) in [6.45, 7) is 2.65. The summed E-state index contributed by atoms with van der Waals surface area (Å²) in [5.41, 5.74) is 3.03. The molecule has 0 bridgehead atoms. The number of hydrogen-bond acceptors (Lipinski definition) is 2. The van der Waals surface area contributed by atoms with E-state index < -0.39 is 0 Å². The van der Waals surface area contributed by atoms with Crippen molar-refractivity contribution < 1.29 is 0 Å². The molecule has 3 rings (SSSR count). The molecular weight excluding hydrogens is 303 g/mol. The van der Waals surface area contributed by atoms with E-state index in [2.05, 4.69) is 40.6 Å². The van der Waals surface area contributed by atoms with Crippen LogP contribution in [0, 0.1) is 6.92 Å². The van der Waals surface area contributed by atoms with Crippen LogP contribution in [0.15, 0.2) is 48.5 Å². The highest BCUT2D eigenvalue weighted by molar-refractivity contribution is 6.34. The first-order valence-corrected chi connectivity index (χ1v) is 7.44. The van der Waals surface area contributed by atoms with Crippen molar-refractivity contribution in [2.24, 2.45) is 0 Å². The zero-order valence-corrected chi connectivity index (χ0v) is 13.0. The number of aromatic nitrogens is 1. The smallest absolute Gasteiger partial charge is 0.154 e. The molecule has 21 heavy (non-hydrogen) atoms. The molecule has 0 spiro atoms. The van der Waals surface area contributed by atoms with Crippen LogP contribution >= 0.6 is 23.2 Å². The number of pyridine rings is 1. The highest BCUT2D eigenvalue weighted by Gasteiger charge is 2.08. The van der Waals surface area contributed by atoms with Crippen molar-refractivity contribution in [3.05, 3.63) is 70.0 Å². The van der Waals surface area contributed by atoms with Gasteiger partial charge in [0.2, 0.25) is 0 Å². The molecule has 3 aromatic rings. The number of anilines is 1. The van der Waals surface area contributed by atoms with Crippen molar-refractivity contribution in [1.82, 2.24) is 4.98 Å². The Labute approximate surface area is 133 Å². The number of rotatable bonds is 3. The van der Waals surface area contributed by atoms with Crippen LogP contribution in [0.5, 0.6) is 0 Å². The molecule has 0 aliphatic rings. The van der Waals surface area contributed by atoms with E-state index in [1.54, 1.807) is 6.07 Å². The molecule has 0 saturated carbocycles. The number of hydrogen-bond donors (Lipinski definition) is 1. The van der Waals surface area contributed by atoms with E-state index in [1.807, 2.05) is 19.1 Å². The number of fused-ring (bicyclic) bond motifs is 1. The Bertz CT molecular complexity index is 771. The molecule has 0 saturated heterocycles. The van der Waals surface area contributed by atoms with Crippen LogP contribution in [0.4, 0.5) is 5.69 Å². The number of nitrogens with one attached hydrogen (secondary N) is 1. The van der Waals surface area contributed by atoms with Crippen LogP contribution in [0.1, 0.15) is 11.1 Å². The van der Waals surface area contributed by atoms with Crippen LogP contribution in [0.25, 0.3) is 10.8 Å². The lowest BCUT2D eigenvalue weighted by Gasteiger charge is -2.13. The summed E-state index contributed by atoms with van der Waals surface area (Å²) in [4.78, 5) is 4.08. The molecule has 0 atom stereocenters. The molecule has 106 valence electrons. The fraction of sp³-hybridized carbons (Fsp3) is 0.118. The minimum absolute atomic E-state index is 0.403. The van der Waals surface area contributed by atoms with E-state index in [9.17, 15) is 0 Å². The van der Waals surface area contributed by atoms with Crippen LogP contribution in [0.3, 0.4) is 0 Å². The average Bonchev–Trinajstić information content (AvgIpc) is 2.46. The van der Waals surface area contributed by atoms with Crippen LogP contribution in [0.2, 0.25) is 10.3 Å². The fourth-order valence-electron chi connectivity index (χ4n) is 2.44. The Morgan fingerprint density at radius 3 is 2.62 bits per heavy atom. The third-order valence-electron chi connectivity index (χ3n) is 3.48. The Morgan fingerprint density at radius 1 is 1.05 bits per heavy atom. The molecule has 2 nitrogen and oxygen atoms in total.